The summed E-state index contributed by atoms with van der Waals surface area (Å²) >= 11 is 0. The molecule has 14 nitrogen and oxygen atoms in total. The molecular formula is C10H17N4O10P3. The minimum absolute atomic E-state index is 0.223. The van der Waals surface area contributed by atoms with Crippen molar-refractivity contribution in [3.05, 3.63) is 24.2 Å². The van der Waals surface area contributed by atoms with Crippen molar-refractivity contribution in [2.45, 2.75) is 19.4 Å². The van der Waals surface area contributed by atoms with Gasteiger partial charge in [0.1, 0.15) is 18.2 Å². The van der Waals surface area contributed by atoms with Crippen LogP contribution in [0.25, 0.3) is 5.52 Å². The average Bonchev–Trinajstić information content (AvgIpc) is 2.86. The molecule has 0 fully saturated rings. The highest BCUT2D eigenvalue weighted by molar-refractivity contribution is 7.68. The van der Waals surface area contributed by atoms with E-state index in [2.05, 4.69) is 18.7 Å². The summed E-state index contributed by atoms with van der Waals surface area (Å²) < 4.78 is 47.6. The van der Waals surface area contributed by atoms with Crippen LogP contribution in [0.3, 0.4) is 0 Å². The molecule has 2 aromatic heterocycles. The van der Waals surface area contributed by atoms with Gasteiger partial charge in [-0.1, -0.05) is 0 Å². The van der Waals surface area contributed by atoms with Crippen LogP contribution in [0.15, 0.2) is 18.5 Å². The van der Waals surface area contributed by atoms with Crippen LogP contribution in [-0.2, 0) is 33.5 Å². The zero-order valence-electron chi connectivity index (χ0n) is 13.7. The maximum Gasteiger partial charge on any atom is 0.488 e. The number of nitrogens with zero attached hydrogens (tertiary/aromatic N) is 3. The van der Waals surface area contributed by atoms with Crippen LogP contribution in [0.4, 0.5) is 5.82 Å². The van der Waals surface area contributed by atoms with E-state index < -0.39 is 35.7 Å². The minimum atomic E-state index is -5.48. The highest BCUT2D eigenvalue weighted by Crippen LogP contribution is 2.65. The molecule has 0 bridgehead atoms. The molecular weight excluding hydrogens is 429 g/mol. The molecule has 0 radical (unpaired) electrons. The van der Waals surface area contributed by atoms with Gasteiger partial charge in [0, 0.05) is 12.1 Å². The molecule has 6 N–H and O–H groups in total. The first kappa shape index (κ1) is 22.1. The summed E-state index contributed by atoms with van der Waals surface area (Å²) in [5.41, 5.74) is 6.92. The first-order valence-electron chi connectivity index (χ1n) is 7.09. The molecule has 0 amide bonds. The predicted octanol–water partition coefficient (Wildman–Crippen LogP) is 0.628. The quantitative estimate of drug-likeness (QED) is 0.334. The Labute approximate surface area is 152 Å². The Kier molecular flexibility index (Phi) is 6.60. The molecule has 0 aliphatic heterocycles. The van der Waals surface area contributed by atoms with Crippen LogP contribution in [0, 0.1) is 0 Å². The van der Waals surface area contributed by atoms with Gasteiger partial charge < -0.3 is 30.0 Å². The Hall–Kier alpha value is -1.17. The summed E-state index contributed by atoms with van der Waals surface area (Å²) in [6, 6.07) is 3.38. The van der Waals surface area contributed by atoms with Crippen molar-refractivity contribution in [3.63, 3.8) is 0 Å². The van der Waals surface area contributed by atoms with E-state index in [4.69, 9.17) is 25.2 Å². The van der Waals surface area contributed by atoms with Crippen LogP contribution in [0.2, 0.25) is 0 Å². The van der Waals surface area contributed by atoms with Gasteiger partial charge in [0.25, 0.3) is 0 Å². The molecule has 0 spiro atoms. The molecule has 0 saturated carbocycles. The fourth-order valence-electron chi connectivity index (χ4n) is 2.07. The third-order valence-corrected chi connectivity index (χ3v) is 7.02. The Bertz CT molecular complexity index is 958. The van der Waals surface area contributed by atoms with Gasteiger partial charge >= 0.3 is 23.2 Å². The first-order valence-corrected chi connectivity index (χ1v) is 11.9. The number of phosphoric acid groups is 2. The van der Waals surface area contributed by atoms with Crippen molar-refractivity contribution in [2.75, 3.05) is 12.1 Å². The van der Waals surface area contributed by atoms with E-state index >= 15 is 0 Å². The van der Waals surface area contributed by atoms with Gasteiger partial charge in [-0.15, -0.1) is 0 Å². The molecule has 17 heteroatoms. The van der Waals surface area contributed by atoms with E-state index in [1.165, 1.54) is 10.8 Å². The van der Waals surface area contributed by atoms with Gasteiger partial charge in [0.15, 0.2) is 5.82 Å². The van der Waals surface area contributed by atoms with Gasteiger partial charge in [0.2, 0.25) is 0 Å². The minimum Gasteiger partial charge on any atom is -0.382 e. The molecule has 2 heterocycles. The highest BCUT2D eigenvalue weighted by atomic mass is 31.3. The van der Waals surface area contributed by atoms with E-state index in [-0.39, 0.29) is 12.2 Å². The summed E-state index contributed by atoms with van der Waals surface area (Å²) in [5.74, 6) is 0.266. The Morgan fingerprint density at radius 3 is 2.48 bits per heavy atom. The van der Waals surface area contributed by atoms with Crippen molar-refractivity contribution >= 4 is 34.6 Å². The molecule has 0 aliphatic rings. The topological polar surface area (TPSA) is 216 Å². The van der Waals surface area contributed by atoms with Gasteiger partial charge in [-0.3, -0.25) is 4.57 Å². The first-order chi connectivity index (χ1) is 12.3. The molecule has 152 valence electrons. The summed E-state index contributed by atoms with van der Waals surface area (Å²) in [5, 5.41) is 4.03. The van der Waals surface area contributed by atoms with Gasteiger partial charge in [-0.25, -0.2) is 22.9 Å². The van der Waals surface area contributed by atoms with Crippen LogP contribution >= 0.6 is 23.2 Å². The average molecular weight is 446 g/mol. The summed E-state index contributed by atoms with van der Waals surface area (Å²) in [7, 11) is -15.8. The lowest BCUT2D eigenvalue weighted by atomic mass is 10.2. The number of anilines is 1. The van der Waals surface area contributed by atoms with E-state index in [1.807, 2.05) is 0 Å². The number of hydrogen-bond donors (Lipinski definition) is 5. The molecule has 2 rings (SSSR count). The van der Waals surface area contributed by atoms with Crippen molar-refractivity contribution in [1.29, 1.82) is 0 Å². The van der Waals surface area contributed by atoms with Crippen LogP contribution in [-0.4, -0.2) is 46.6 Å². The van der Waals surface area contributed by atoms with Crippen molar-refractivity contribution in [3.8, 4) is 0 Å². The second-order valence-electron chi connectivity index (χ2n) is 5.34. The lowest BCUT2D eigenvalue weighted by Gasteiger charge is -2.18. The van der Waals surface area contributed by atoms with Crippen molar-refractivity contribution < 1.29 is 46.6 Å². The molecule has 0 aromatic carbocycles. The largest absolute Gasteiger partial charge is 0.488 e. The van der Waals surface area contributed by atoms with Crippen LogP contribution in [0.1, 0.15) is 12.6 Å². The zero-order chi connectivity index (χ0) is 20.5. The second-order valence-corrected chi connectivity index (χ2v) is 10.1. The highest BCUT2D eigenvalue weighted by Gasteiger charge is 2.39. The maximum absolute atomic E-state index is 11.8. The van der Waals surface area contributed by atoms with Gasteiger partial charge in [-0.2, -0.15) is 9.41 Å². The standard InChI is InChI=1S/C10H17N4O10P3/c1-7(4-8-2-3-9-10(11)12-5-13-14(8)9)22-6-25(15,16)23-27(20,21)24-26(17,18)19/h2-3,5,7H,4,6H2,1H3,(H,15,16)(H,20,21)(H2,11,12,13)(H2,17,18,19)/t7-/m1/s1. The number of fused-ring (bicyclic) bond motifs is 1. The Morgan fingerprint density at radius 1 is 1.19 bits per heavy atom. The fraction of sp³-hybridized carbons (Fsp3) is 0.400. The lowest BCUT2D eigenvalue weighted by Crippen LogP contribution is -2.15. The number of rotatable bonds is 9. The zero-order valence-corrected chi connectivity index (χ0v) is 16.4. The fourth-order valence-corrected chi connectivity index (χ4v) is 5.45. The van der Waals surface area contributed by atoms with Crippen molar-refractivity contribution in [1.82, 2.24) is 14.6 Å². The second kappa shape index (κ2) is 8.06. The third kappa shape index (κ3) is 6.74. The van der Waals surface area contributed by atoms with Crippen LogP contribution < -0.4 is 5.73 Å². The van der Waals surface area contributed by atoms with E-state index in [1.54, 1.807) is 19.1 Å². The molecule has 0 aliphatic carbocycles. The third-order valence-electron chi connectivity index (χ3n) is 3.02. The predicted molar refractivity (Wildman–Crippen MR) is 90.4 cm³/mol. The molecule has 2 unspecified atom stereocenters. The Balaban J connectivity index is 1.96. The molecule has 3 atom stereocenters. The van der Waals surface area contributed by atoms with E-state index in [0.29, 0.717) is 11.2 Å². The monoisotopic (exact) mass is 446 g/mol. The van der Waals surface area contributed by atoms with Crippen LogP contribution in [0.5, 0.6) is 0 Å². The normalized spacial score (nSPS) is 18.1. The maximum atomic E-state index is 11.8. The van der Waals surface area contributed by atoms with Gasteiger partial charge in [-0.05, 0) is 19.1 Å². The van der Waals surface area contributed by atoms with E-state index in [9.17, 15) is 18.6 Å². The number of aromatic nitrogens is 3. The smallest absolute Gasteiger partial charge is 0.382 e. The van der Waals surface area contributed by atoms with E-state index in [0.717, 1.165) is 0 Å². The van der Waals surface area contributed by atoms with Crippen molar-refractivity contribution in [2.24, 2.45) is 0 Å². The Morgan fingerprint density at radius 2 is 1.85 bits per heavy atom. The summed E-state index contributed by atoms with van der Waals surface area (Å²) in [6.07, 6.45) is -0.207. The number of nitrogen functional groups attached to an aromatic ring is 1. The molecule has 0 saturated heterocycles. The van der Waals surface area contributed by atoms with Gasteiger partial charge in [0.05, 0.1) is 6.10 Å². The summed E-state index contributed by atoms with van der Waals surface area (Å²) in [4.78, 5) is 39.4. The lowest BCUT2D eigenvalue weighted by molar-refractivity contribution is 0.0867. The number of hydrogen-bond acceptors (Lipinski definition) is 9. The number of nitrogens with two attached hydrogens (primary N) is 1. The molecule has 2 aromatic rings. The number of ether oxygens (including phenoxy) is 1. The summed E-state index contributed by atoms with van der Waals surface area (Å²) in [6.45, 7) is 1.55. The SMILES string of the molecule is C[C@H](Cc1ccc2c(N)ncnn12)OCP(=O)(O)OP(=O)(O)OP(=O)(O)O. The molecule has 27 heavy (non-hydrogen) atoms.